The van der Waals surface area contributed by atoms with E-state index in [1.165, 1.54) is 0 Å². The highest BCUT2D eigenvalue weighted by molar-refractivity contribution is 6.11. The van der Waals surface area contributed by atoms with Gasteiger partial charge in [-0.2, -0.15) is 0 Å². The number of aromatic nitrogens is 2. The van der Waals surface area contributed by atoms with Crippen LogP contribution in [0.5, 0.6) is 0 Å². The van der Waals surface area contributed by atoms with Crippen molar-refractivity contribution in [3.63, 3.8) is 0 Å². The molecule has 1 aromatic carbocycles. The molecule has 3 heterocycles. The molecule has 1 aliphatic rings. The third-order valence-corrected chi connectivity index (χ3v) is 3.79. The van der Waals surface area contributed by atoms with Crippen molar-refractivity contribution in [2.24, 2.45) is 4.99 Å². The fourth-order valence-electron chi connectivity index (χ4n) is 2.58. The summed E-state index contributed by atoms with van der Waals surface area (Å²) in [6.07, 6.45) is 7.75. The van der Waals surface area contributed by atoms with Crippen LogP contribution < -0.4 is 0 Å². The molecule has 0 amide bonds. The maximum atomic E-state index is 6.03. The van der Waals surface area contributed by atoms with E-state index < -0.39 is 0 Å². The number of hydrogen-bond acceptors (Lipinski definition) is 2. The molecule has 0 unspecified atom stereocenters. The SMILES string of the molecule is C1=C(OCc2ccccc2)/C(=C/c2ccc[nH]2)N=C1c1ccc[nH]1. The van der Waals surface area contributed by atoms with Gasteiger partial charge in [-0.25, -0.2) is 4.99 Å². The molecule has 0 saturated carbocycles. The van der Waals surface area contributed by atoms with E-state index in [1.807, 2.05) is 67.0 Å². The summed E-state index contributed by atoms with van der Waals surface area (Å²) in [4.78, 5) is 11.1. The van der Waals surface area contributed by atoms with Gasteiger partial charge in [-0.05, 0) is 35.9 Å². The second-order valence-electron chi connectivity index (χ2n) is 5.52. The first-order valence-electron chi connectivity index (χ1n) is 7.85. The highest BCUT2D eigenvalue weighted by Gasteiger charge is 2.18. The first kappa shape index (κ1) is 14.3. The monoisotopic (exact) mass is 315 g/mol. The second kappa shape index (κ2) is 6.46. The molecule has 4 heteroatoms. The molecule has 0 bridgehead atoms. The zero-order chi connectivity index (χ0) is 16.2. The Bertz CT molecular complexity index is 886. The van der Waals surface area contributed by atoms with E-state index >= 15 is 0 Å². The van der Waals surface area contributed by atoms with Crippen molar-refractivity contribution >= 4 is 11.8 Å². The number of ether oxygens (including phenoxy) is 1. The molecule has 0 atom stereocenters. The summed E-state index contributed by atoms with van der Waals surface area (Å²) in [5.74, 6) is 0.776. The van der Waals surface area contributed by atoms with Crippen LogP contribution >= 0.6 is 0 Å². The largest absolute Gasteiger partial charge is 0.487 e. The maximum absolute atomic E-state index is 6.03. The Morgan fingerprint density at radius 3 is 2.50 bits per heavy atom. The summed E-state index contributed by atoms with van der Waals surface area (Å²) in [5, 5.41) is 0. The lowest BCUT2D eigenvalue weighted by molar-refractivity contribution is 0.208. The zero-order valence-electron chi connectivity index (χ0n) is 13.1. The van der Waals surface area contributed by atoms with Crippen LogP contribution in [0.15, 0.2) is 89.5 Å². The lowest BCUT2D eigenvalue weighted by Gasteiger charge is -2.07. The van der Waals surface area contributed by atoms with Crippen molar-refractivity contribution in [2.75, 3.05) is 0 Å². The van der Waals surface area contributed by atoms with Gasteiger partial charge in [0.2, 0.25) is 0 Å². The van der Waals surface area contributed by atoms with Gasteiger partial charge < -0.3 is 14.7 Å². The normalized spacial score (nSPS) is 15.4. The maximum Gasteiger partial charge on any atom is 0.147 e. The molecule has 0 fully saturated rings. The fourth-order valence-corrected chi connectivity index (χ4v) is 2.58. The molecule has 1 aliphatic heterocycles. The zero-order valence-corrected chi connectivity index (χ0v) is 13.1. The molecule has 0 spiro atoms. The average molecular weight is 315 g/mol. The number of hydrogen-bond donors (Lipinski definition) is 2. The number of nitrogens with one attached hydrogen (secondary N) is 2. The van der Waals surface area contributed by atoms with E-state index in [-0.39, 0.29) is 0 Å². The average Bonchev–Trinajstić information content (AvgIpc) is 3.36. The first-order valence-corrected chi connectivity index (χ1v) is 7.85. The number of rotatable bonds is 5. The molecule has 2 N–H and O–H groups in total. The molecular formula is C20H17N3O. The van der Waals surface area contributed by atoms with Gasteiger partial charge in [0, 0.05) is 24.2 Å². The number of aromatic amines is 2. The molecule has 3 aromatic rings. The minimum Gasteiger partial charge on any atom is -0.487 e. The van der Waals surface area contributed by atoms with Gasteiger partial charge in [-0.1, -0.05) is 30.3 Å². The Morgan fingerprint density at radius 1 is 0.917 bits per heavy atom. The summed E-state index contributed by atoms with van der Waals surface area (Å²) in [6, 6.07) is 18.1. The van der Waals surface area contributed by atoms with Crippen LogP contribution in [0, 0.1) is 0 Å². The van der Waals surface area contributed by atoms with Crippen molar-refractivity contribution in [3.05, 3.63) is 101 Å². The van der Waals surface area contributed by atoms with Crippen LogP contribution in [-0.2, 0) is 11.3 Å². The number of H-pyrrole nitrogens is 2. The first-order chi connectivity index (χ1) is 11.9. The van der Waals surface area contributed by atoms with Gasteiger partial charge in [-0.15, -0.1) is 0 Å². The lowest BCUT2D eigenvalue weighted by atomic mass is 10.2. The van der Waals surface area contributed by atoms with Crippen LogP contribution in [0.3, 0.4) is 0 Å². The van der Waals surface area contributed by atoms with Crippen LogP contribution in [0.1, 0.15) is 17.0 Å². The Hall–Kier alpha value is -3.27. The molecule has 4 nitrogen and oxygen atoms in total. The van der Waals surface area contributed by atoms with Gasteiger partial charge in [0.05, 0.1) is 11.4 Å². The number of aliphatic imine (C=N–C) groups is 1. The predicted molar refractivity (Wildman–Crippen MR) is 95.4 cm³/mol. The van der Waals surface area contributed by atoms with Gasteiger partial charge in [0.15, 0.2) is 0 Å². The van der Waals surface area contributed by atoms with E-state index in [0.29, 0.717) is 6.61 Å². The standard InChI is InChI=1S/C20H17N3O/c1-2-6-15(7-3-1)14-24-20-13-18(17-9-5-11-22-17)23-19(20)12-16-8-4-10-21-16/h1-13,21-22H,14H2/b19-12-. The number of nitrogens with zero attached hydrogens (tertiary/aromatic N) is 1. The van der Waals surface area contributed by atoms with Crippen molar-refractivity contribution in [1.29, 1.82) is 0 Å². The van der Waals surface area contributed by atoms with Crippen molar-refractivity contribution in [1.82, 2.24) is 9.97 Å². The van der Waals surface area contributed by atoms with Crippen LogP contribution in [0.25, 0.3) is 6.08 Å². The van der Waals surface area contributed by atoms with E-state index in [0.717, 1.165) is 34.1 Å². The summed E-state index contributed by atoms with van der Waals surface area (Å²) >= 11 is 0. The predicted octanol–water partition coefficient (Wildman–Crippen LogP) is 4.29. The van der Waals surface area contributed by atoms with Gasteiger partial charge >= 0.3 is 0 Å². The van der Waals surface area contributed by atoms with E-state index in [4.69, 9.17) is 9.73 Å². The minimum absolute atomic E-state index is 0.516. The van der Waals surface area contributed by atoms with Crippen LogP contribution in [-0.4, -0.2) is 15.7 Å². The molecule has 118 valence electrons. The van der Waals surface area contributed by atoms with E-state index in [9.17, 15) is 0 Å². The molecule has 2 aromatic heterocycles. The smallest absolute Gasteiger partial charge is 0.147 e. The number of allylic oxidation sites excluding steroid dienone is 1. The summed E-state index contributed by atoms with van der Waals surface area (Å²) in [6.45, 7) is 0.516. The molecule has 0 aliphatic carbocycles. The van der Waals surface area contributed by atoms with E-state index in [1.54, 1.807) is 0 Å². The lowest BCUT2D eigenvalue weighted by Crippen LogP contribution is -1.95. The van der Waals surface area contributed by atoms with E-state index in [2.05, 4.69) is 22.1 Å². The molecule has 24 heavy (non-hydrogen) atoms. The Morgan fingerprint density at radius 2 is 1.75 bits per heavy atom. The highest BCUT2D eigenvalue weighted by atomic mass is 16.5. The Kier molecular flexibility index (Phi) is 3.86. The quantitative estimate of drug-likeness (QED) is 0.725. The third kappa shape index (κ3) is 3.08. The van der Waals surface area contributed by atoms with Gasteiger partial charge in [-0.3, -0.25) is 0 Å². The van der Waals surface area contributed by atoms with Crippen molar-refractivity contribution in [3.8, 4) is 0 Å². The fraction of sp³-hybridized carbons (Fsp3) is 0.0500. The molecule has 4 rings (SSSR count). The van der Waals surface area contributed by atoms with Crippen molar-refractivity contribution < 1.29 is 4.74 Å². The Labute approximate surface area is 140 Å². The highest BCUT2D eigenvalue weighted by Crippen LogP contribution is 2.25. The summed E-state index contributed by atoms with van der Waals surface area (Å²) in [5.41, 5.74) is 4.80. The van der Waals surface area contributed by atoms with Gasteiger partial charge in [0.25, 0.3) is 0 Å². The number of benzene rings is 1. The van der Waals surface area contributed by atoms with Gasteiger partial charge in [0.1, 0.15) is 18.1 Å². The second-order valence-corrected chi connectivity index (χ2v) is 5.52. The third-order valence-electron chi connectivity index (χ3n) is 3.79. The minimum atomic E-state index is 0.516. The molecule has 0 radical (unpaired) electrons. The topological polar surface area (TPSA) is 53.2 Å². The summed E-state index contributed by atoms with van der Waals surface area (Å²) < 4.78 is 6.03. The van der Waals surface area contributed by atoms with Crippen LogP contribution in [0.4, 0.5) is 0 Å². The van der Waals surface area contributed by atoms with Crippen LogP contribution in [0.2, 0.25) is 0 Å². The molecule has 0 saturated heterocycles. The summed E-state index contributed by atoms with van der Waals surface area (Å²) in [7, 11) is 0. The van der Waals surface area contributed by atoms with Crippen molar-refractivity contribution in [2.45, 2.75) is 6.61 Å². The molecular weight excluding hydrogens is 298 g/mol. The Balaban J connectivity index is 1.61.